The molecule has 8 heteroatoms. The first-order chi connectivity index (χ1) is 10.7. The summed E-state index contributed by atoms with van der Waals surface area (Å²) in [6.07, 6.45) is 3.48. The Morgan fingerprint density at radius 2 is 2.00 bits per heavy atom. The van der Waals surface area contributed by atoms with E-state index in [0.29, 0.717) is 17.0 Å². The van der Waals surface area contributed by atoms with Gasteiger partial charge >= 0.3 is 0 Å². The largest absolute Gasteiger partial charge is 0.467 e. The molecule has 1 aliphatic heterocycles. The number of carbonyl (C=O) groups is 1. The summed E-state index contributed by atoms with van der Waals surface area (Å²) in [5.74, 6) is -0.340. The van der Waals surface area contributed by atoms with Gasteiger partial charge in [0.15, 0.2) is 0 Å². The molecule has 132 valence electrons. The summed E-state index contributed by atoms with van der Waals surface area (Å²) in [6.45, 7) is 1.96. The normalized spacial score (nSPS) is 13.2. The average Bonchev–Trinajstić information content (AvgIpc) is 3.20. The van der Waals surface area contributed by atoms with Crippen LogP contribution in [0.3, 0.4) is 0 Å². The number of nitrogens with two attached hydrogens (primary N) is 1. The van der Waals surface area contributed by atoms with E-state index in [1.54, 1.807) is 12.1 Å². The molecule has 1 saturated heterocycles. The van der Waals surface area contributed by atoms with Gasteiger partial charge in [-0.05, 0) is 31.0 Å². The third kappa shape index (κ3) is 4.20. The van der Waals surface area contributed by atoms with E-state index in [1.165, 1.54) is 12.3 Å². The predicted molar refractivity (Wildman–Crippen MR) is 96.9 cm³/mol. The lowest BCUT2D eigenvalue weighted by molar-refractivity contribution is 0.102. The quantitative estimate of drug-likeness (QED) is 0.856. The monoisotopic (exact) mass is 375 g/mol. The zero-order chi connectivity index (χ0) is 15.5. The van der Waals surface area contributed by atoms with Gasteiger partial charge in [0.05, 0.1) is 17.8 Å². The van der Waals surface area contributed by atoms with Gasteiger partial charge in [-0.25, -0.2) is 4.39 Å². The van der Waals surface area contributed by atoms with Crippen LogP contribution in [0, 0.1) is 5.82 Å². The number of nitrogens with zero attached hydrogens (tertiary/aromatic N) is 1. The van der Waals surface area contributed by atoms with Crippen molar-refractivity contribution in [2.24, 2.45) is 5.73 Å². The molecule has 5 nitrogen and oxygen atoms in total. The van der Waals surface area contributed by atoms with E-state index < -0.39 is 11.7 Å². The summed E-state index contributed by atoms with van der Waals surface area (Å²) >= 11 is 0. The molecule has 1 aromatic carbocycles. The maximum atomic E-state index is 14.2. The number of amides is 1. The van der Waals surface area contributed by atoms with Crippen molar-refractivity contribution in [1.29, 1.82) is 0 Å². The number of hydrogen-bond donors (Lipinski definition) is 2. The van der Waals surface area contributed by atoms with E-state index in [9.17, 15) is 9.18 Å². The maximum absolute atomic E-state index is 14.2. The number of nitrogens with one attached hydrogen (secondary N) is 1. The molecule has 24 heavy (non-hydrogen) atoms. The molecule has 3 N–H and O–H groups in total. The van der Waals surface area contributed by atoms with Crippen molar-refractivity contribution in [3.05, 3.63) is 47.7 Å². The van der Waals surface area contributed by atoms with Crippen molar-refractivity contribution in [3.8, 4) is 0 Å². The van der Waals surface area contributed by atoms with Crippen LogP contribution in [-0.4, -0.2) is 19.0 Å². The first-order valence-corrected chi connectivity index (χ1v) is 7.31. The molecular formula is C16H20Cl2FN3O2. The molecule has 1 aliphatic rings. The number of furan rings is 1. The van der Waals surface area contributed by atoms with Gasteiger partial charge in [0, 0.05) is 13.1 Å². The van der Waals surface area contributed by atoms with Crippen molar-refractivity contribution in [2.75, 3.05) is 23.3 Å². The first-order valence-electron chi connectivity index (χ1n) is 7.31. The van der Waals surface area contributed by atoms with Gasteiger partial charge in [-0.3, -0.25) is 4.79 Å². The topological polar surface area (TPSA) is 71.5 Å². The number of carbonyl (C=O) groups excluding carboxylic acids is 1. The highest BCUT2D eigenvalue weighted by atomic mass is 35.5. The molecule has 1 fully saturated rings. The highest BCUT2D eigenvalue weighted by Gasteiger charge is 2.20. The van der Waals surface area contributed by atoms with Crippen LogP contribution in [0.4, 0.5) is 15.8 Å². The van der Waals surface area contributed by atoms with Gasteiger partial charge in [0.2, 0.25) is 0 Å². The van der Waals surface area contributed by atoms with Crippen LogP contribution in [0.25, 0.3) is 0 Å². The van der Waals surface area contributed by atoms with Crippen LogP contribution in [0.5, 0.6) is 0 Å². The Balaban J connectivity index is 0.00000144. The van der Waals surface area contributed by atoms with Gasteiger partial charge < -0.3 is 20.4 Å². The molecule has 2 aromatic rings. The predicted octanol–water partition coefficient (Wildman–Crippen LogP) is 3.57. The third-order valence-corrected chi connectivity index (χ3v) is 3.79. The molecule has 0 radical (unpaired) electrons. The van der Waals surface area contributed by atoms with Gasteiger partial charge in [0.1, 0.15) is 23.5 Å². The van der Waals surface area contributed by atoms with E-state index in [2.05, 4.69) is 10.2 Å². The Hall–Kier alpha value is -1.76. The van der Waals surface area contributed by atoms with Gasteiger partial charge in [-0.2, -0.15) is 0 Å². The Labute approximate surface area is 152 Å². The number of halogens is 3. The lowest BCUT2D eigenvalue weighted by Gasteiger charge is -2.21. The summed E-state index contributed by atoms with van der Waals surface area (Å²) in [4.78, 5) is 14.3. The second kappa shape index (κ2) is 8.92. The maximum Gasteiger partial charge on any atom is 0.259 e. The van der Waals surface area contributed by atoms with E-state index in [-0.39, 0.29) is 37.0 Å². The molecule has 0 saturated carbocycles. The molecule has 3 rings (SSSR count). The minimum absolute atomic E-state index is 0. The van der Waals surface area contributed by atoms with Crippen LogP contribution in [-0.2, 0) is 6.54 Å². The lowest BCUT2D eigenvalue weighted by atomic mass is 10.2. The van der Waals surface area contributed by atoms with Crippen LogP contribution in [0.1, 0.15) is 29.0 Å². The summed E-state index contributed by atoms with van der Waals surface area (Å²) in [6, 6.07) is 6.38. The van der Waals surface area contributed by atoms with E-state index in [4.69, 9.17) is 10.2 Å². The summed E-state index contributed by atoms with van der Waals surface area (Å²) < 4.78 is 19.3. The van der Waals surface area contributed by atoms with Crippen LogP contribution < -0.4 is 16.0 Å². The van der Waals surface area contributed by atoms with Gasteiger partial charge in [-0.15, -0.1) is 24.8 Å². The standard InChI is InChI=1S/C16H18FN3O2.2ClH/c17-13-4-3-5-14(20-6-1-2-7-20)15(13)19-16(21)11-8-12(9-18)22-10-11;;/h3-5,8,10H,1-2,6-7,9,18H2,(H,19,21);2*1H. The lowest BCUT2D eigenvalue weighted by Crippen LogP contribution is -2.21. The minimum atomic E-state index is -0.444. The zero-order valence-electron chi connectivity index (χ0n) is 13.0. The fourth-order valence-corrected chi connectivity index (χ4v) is 2.65. The van der Waals surface area contributed by atoms with Crippen LogP contribution in [0.2, 0.25) is 0 Å². The Morgan fingerprint density at radius 3 is 2.62 bits per heavy atom. The van der Waals surface area contributed by atoms with Crippen LogP contribution >= 0.6 is 24.8 Å². The minimum Gasteiger partial charge on any atom is -0.467 e. The SMILES string of the molecule is Cl.Cl.NCc1cc(C(=O)Nc2c(F)cccc2N2CCCC2)co1. The Morgan fingerprint density at radius 1 is 1.29 bits per heavy atom. The molecule has 0 bridgehead atoms. The Kier molecular flexibility index (Phi) is 7.54. The van der Waals surface area contributed by atoms with E-state index in [1.807, 2.05) is 6.07 Å². The summed E-state index contributed by atoms with van der Waals surface area (Å²) in [7, 11) is 0. The first kappa shape index (κ1) is 20.3. The molecule has 1 aromatic heterocycles. The fraction of sp³-hybridized carbons (Fsp3) is 0.312. The number of rotatable bonds is 4. The van der Waals surface area contributed by atoms with Crippen molar-refractivity contribution in [1.82, 2.24) is 0 Å². The van der Waals surface area contributed by atoms with Crippen molar-refractivity contribution >= 4 is 42.1 Å². The highest BCUT2D eigenvalue weighted by Crippen LogP contribution is 2.31. The molecule has 2 heterocycles. The molecule has 0 aliphatic carbocycles. The molecule has 0 unspecified atom stereocenters. The number of hydrogen-bond acceptors (Lipinski definition) is 4. The number of benzene rings is 1. The Bertz CT molecular complexity index is 688. The molecule has 0 spiro atoms. The average molecular weight is 376 g/mol. The van der Waals surface area contributed by atoms with E-state index in [0.717, 1.165) is 25.9 Å². The molecular weight excluding hydrogens is 356 g/mol. The van der Waals surface area contributed by atoms with Crippen LogP contribution in [0.15, 0.2) is 34.9 Å². The van der Waals surface area contributed by atoms with Crippen molar-refractivity contribution in [3.63, 3.8) is 0 Å². The van der Waals surface area contributed by atoms with Gasteiger partial charge in [-0.1, -0.05) is 6.07 Å². The number of para-hydroxylation sites is 1. The number of anilines is 2. The zero-order valence-corrected chi connectivity index (χ0v) is 14.6. The van der Waals surface area contributed by atoms with Crippen molar-refractivity contribution < 1.29 is 13.6 Å². The summed E-state index contributed by atoms with van der Waals surface area (Å²) in [5, 5.41) is 2.65. The second-order valence-corrected chi connectivity index (χ2v) is 5.29. The van der Waals surface area contributed by atoms with Crippen molar-refractivity contribution in [2.45, 2.75) is 19.4 Å². The molecule has 0 atom stereocenters. The van der Waals surface area contributed by atoms with E-state index >= 15 is 0 Å². The highest BCUT2D eigenvalue weighted by molar-refractivity contribution is 6.06. The smallest absolute Gasteiger partial charge is 0.259 e. The summed E-state index contributed by atoms with van der Waals surface area (Å²) in [5.41, 5.74) is 6.71. The van der Waals surface area contributed by atoms with Gasteiger partial charge in [0.25, 0.3) is 5.91 Å². The fourth-order valence-electron chi connectivity index (χ4n) is 2.65. The third-order valence-electron chi connectivity index (χ3n) is 3.79. The molecule has 1 amide bonds. The second-order valence-electron chi connectivity index (χ2n) is 5.29.